The third-order valence-corrected chi connectivity index (χ3v) is 5.27. The molecule has 0 aromatic heterocycles. The Balaban J connectivity index is 3.07. The zero-order valence-corrected chi connectivity index (χ0v) is 13.5. The van der Waals surface area contributed by atoms with E-state index < -0.39 is 21.5 Å². The van der Waals surface area contributed by atoms with Crippen molar-refractivity contribution >= 4 is 16.0 Å². The molecule has 2 N–H and O–H groups in total. The number of aliphatic carboxylic acids is 1. The van der Waals surface area contributed by atoms with Crippen molar-refractivity contribution in [2.75, 3.05) is 0 Å². The van der Waals surface area contributed by atoms with Crippen LogP contribution in [0.1, 0.15) is 45.6 Å². The van der Waals surface area contributed by atoms with Crippen LogP contribution in [0.3, 0.4) is 0 Å². The van der Waals surface area contributed by atoms with Gasteiger partial charge in [-0.1, -0.05) is 39.3 Å². The molecule has 0 atom stereocenters. The Morgan fingerprint density at radius 1 is 1.14 bits per heavy atom. The highest BCUT2D eigenvalue weighted by Crippen LogP contribution is 2.20. The molecule has 1 rings (SSSR count). The van der Waals surface area contributed by atoms with Gasteiger partial charge in [-0.25, -0.2) is 8.42 Å². The first kappa shape index (κ1) is 17.7. The van der Waals surface area contributed by atoms with Crippen molar-refractivity contribution in [2.24, 2.45) is 0 Å². The zero-order chi connectivity index (χ0) is 16.1. The van der Waals surface area contributed by atoms with Crippen LogP contribution in [-0.2, 0) is 21.2 Å². The summed E-state index contributed by atoms with van der Waals surface area (Å²) in [7, 11) is -3.85. The Labute approximate surface area is 126 Å². The van der Waals surface area contributed by atoms with E-state index in [0.717, 1.165) is 18.4 Å². The van der Waals surface area contributed by atoms with Gasteiger partial charge in [0.25, 0.3) is 0 Å². The van der Waals surface area contributed by atoms with E-state index in [4.69, 9.17) is 0 Å². The molecule has 118 valence electrons. The van der Waals surface area contributed by atoms with Gasteiger partial charge in [0.2, 0.25) is 10.0 Å². The molecule has 0 unspecified atom stereocenters. The number of carbonyl (C=O) groups is 1. The number of sulfonamides is 1. The first-order valence-electron chi connectivity index (χ1n) is 7.17. The summed E-state index contributed by atoms with van der Waals surface area (Å²) in [5, 5.41) is 9.32. The second-order valence-electron chi connectivity index (χ2n) is 5.09. The average molecular weight is 313 g/mol. The molecule has 0 fully saturated rings. The van der Waals surface area contributed by atoms with Crippen molar-refractivity contribution in [3.05, 3.63) is 29.8 Å². The molecule has 1 aromatic rings. The number of benzene rings is 1. The van der Waals surface area contributed by atoms with Crippen LogP contribution in [0.4, 0.5) is 0 Å². The molecule has 5 nitrogen and oxygen atoms in total. The highest BCUT2D eigenvalue weighted by molar-refractivity contribution is 7.89. The lowest BCUT2D eigenvalue weighted by atomic mass is 9.95. The molecule has 0 amide bonds. The molecule has 0 radical (unpaired) electrons. The predicted molar refractivity (Wildman–Crippen MR) is 81.7 cm³/mol. The molecule has 0 saturated heterocycles. The second kappa shape index (κ2) is 7.04. The number of rotatable bonds is 8. The smallest absolute Gasteiger partial charge is 0.324 e. The molecule has 1 aromatic carbocycles. The zero-order valence-electron chi connectivity index (χ0n) is 12.7. The Bertz CT molecular complexity index is 574. The minimum absolute atomic E-state index is 0.0925. The summed E-state index contributed by atoms with van der Waals surface area (Å²) in [6.45, 7) is 5.37. The fourth-order valence-corrected chi connectivity index (χ4v) is 3.68. The van der Waals surface area contributed by atoms with Crippen LogP contribution in [0.25, 0.3) is 0 Å². The Hall–Kier alpha value is -1.40. The minimum atomic E-state index is -3.85. The van der Waals surface area contributed by atoms with Crippen molar-refractivity contribution in [1.82, 2.24) is 4.72 Å². The molecule has 0 aliphatic heterocycles. The maximum atomic E-state index is 12.4. The lowest BCUT2D eigenvalue weighted by molar-refractivity contribution is -0.144. The number of hydrogen-bond donors (Lipinski definition) is 2. The van der Waals surface area contributed by atoms with Gasteiger partial charge < -0.3 is 5.11 Å². The molecular weight excluding hydrogens is 290 g/mol. The van der Waals surface area contributed by atoms with Gasteiger partial charge in [0.05, 0.1) is 4.90 Å². The van der Waals surface area contributed by atoms with Crippen molar-refractivity contribution in [1.29, 1.82) is 0 Å². The summed E-state index contributed by atoms with van der Waals surface area (Å²) in [5.74, 6) is -1.15. The molecule has 0 spiro atoms. The first-order valence-corrected chi connectivity index (χ1v) is 8.66. The van der Waals surface area contributed by atoms with E-state index in [0.29, 0.717) is 0 Å². The van der Waals surface area contributed by atoms with E-state index in [9.17, 15) is 18.3 Å². The number of nitrogens with one attached hydrogen (secondary N) is 1. The molecule has 0 heterocycles. The third kappa shape index (κ3) is 4.04. The highest BCUT2D eigenvalue weighted by atomic mass is 32.2. The Morgan fingerprint density at radius 2 is 1.67 bits per heavy atom. The maximum Gasteiger partial charge on any atom is 0.324 e. The molecule has 0 bridgehead atoms. The summed E-state index contributed by atoms with van der Waals surface area (Å²) >= 11 is 0. The maximum absolute atomic E-state index is 12.4. The largest absolute Gasteiger partial charge is 0.480 e. The quantitative estimate of drug-likeness (QED) is 0.772. The van der Waals surface area contributed by atoms with Crippen LogP contribution >= 0.6 is 0 Å². The standard InChI is InChI=1S/C15H23NO4S/c1-4-7-12-8-10-13(11-9-12)21(19,20)16-15(5-2,6-3)14(17)18/h8-11,16H,4-7H2,1-3H3,(H,17,18). The van der Waals surface area contributed by atoms with Gasteiger partial charge in [0, 0.05) is 0 Å². The van der Waals surface area contributed by atoms with Crippen LogP contribution in [0, 0.1) is 0 Å². The van der Waals surface area contributed by atoms with Gasteiger partial charge in [0.15, 0.2) is 0 Å². The van der Waals surface area contributed by atoms with Crippen LogP contribution in [0.5, 0.6) is 0 Å². The van der Waals surface area contributed by atoms with E-state index in [1.807, 2.05) is 0 Å². The van der Waals surface area contributed by atoms with E-state index in [1.165, 1.54) is 12.1 Å². The fraction of sp³-hybridized carbons (Fsp3) is 0.533. The van der Waals surface area contributed by atoms with E-state index in [2.05, 4.69) is 11.6 Å². The molecule has 21 heavy (non-hydrogen) atoms. The SMILES string of the molecule is CCCc1ccc(S(=O)(=O)NC(CC)(CC)C(=O)O)cc1. The summed E-state index contributed by atoms with van der Waals surface area (Å²) in [4.78, 5) is 11.5. The van der Waals surface area contributed by atoms with Crippen molar-refractivity contribution in [3.63, 3.8) is 0 Å². The lowest BCUT2D eigenvalue weighted by Crippen LogP contribution is -2.53. The normalized spacial score (nSPS) is 12.3. The van der Waals surface area contributed by atoms with Crippen LogP contribution in [0.15, 0.2) is 29.2 Å². The highest BCUT2D eigenvalue weighted by Gasteiger charge is 2.39. The number of hydrogen-bond acceptors (Lipinski definition) is 3. The Kier molecular flexibility index (Phi) is 5.92. The Morgan fingerprint density at radius 3 is 2.05 bits per heavy atom. The average Bonchev–Trinajstić information content (AvgIpc) is 2.45. The summed E-state index contributed by atoms with van der Waals surface area (Å²) in [5.41, 5.74) is -0.395. The predicted octanol–water partition coefficient (Wildman–Crippen LogP) is 2.56. The fourth-order valence-electron chi connectivity index (χ4n) is 2.18. The lowest BCUT2D eigenvalue weighted by Gasteiger charge is -2.27. The molecule has 0 aliphatic carbocycles. The molecular formula is C15H23NO4S. The number of carboxylic acids is 1. The van der Waals surface area contributed by atoms with Gasteiger partial charge in [0.1, 0.15) is 5.54 Å². The van der Waals surface area contributed by atoms with E-state index in [-0.39, 0.29) is 17.7 Å². The molecule has 0 aliphatic rings. The minimum Gasteiger partial charge on any atom is -0.480 e. The van der Waals surface area contributed by atoms with Crippen molar-refractivity contribution < 1.29 is 18.3 Å². The van der Waals surface area contributed by atoms with Gasteiger partial charge in [-0.2, -0.15) is 4.72 Å². The molecule has 0 saturated carbocycles. The van der Waals surface area contributed by atoms with Crippen LogP contribution < -0.4 is 4.72 Å². The number of aryl methyl sites for hydroxylation is 1. The summed E-state index contributed by atoms with van der Waals surface area (Å²) in [6.07, 6.45) is 2.24. The topological polar surface area (TPSA) is 83.5 Å². The van der Waals surface area contributed by atoms with Crippen molar-refractivity contribution in [2.45, 2.75) is 56.9 Å². The van der Waals surface area contributed by atoms with E-state index >= 15 is 0 Å². The van der Waals surface area contributed by atoms with Gasteiger partial charge in [-0.15, -0.1) is 0 Å². The number of carboxylic acid groups (broad SMARTS) is 1. The van der Waals surface area contributed by atoms with Gasteiger partial charge in [-0.05, 0) is 37.0 Å². The van der Waals surface area contributed by atoms with Crippen LogP contribution in [-0.4, -0.2) is 25.0 Å². The third-order valence-electron chi connectivity index (χ3n) is 3.72. The van der Waals surface area contributed by atoms with Gasteiger partial charge in [-0.3, -0.25) is 4.79 Å². The second-order valence-corrected chi connectivity index (χ2v) is 6.78. The van der Waals surface area contributed by atoms with E-state index in [1.54, 1.807) is 26.0 Å². The summed E-state index contributed by atoms with van der Waals surface area (Å²) < 4.78 is 27.1. The van der Waals surface area contributed by atoms with Gasteiger partial charge >= 0.3 is 5.97 Å². The molecule has 6 heteroatoms. The van der Waals surface area contributed by atoms with Crippen molar-refractivity contribution in [3.8, 4) is 0 Å². The monoisotopic (exact) mass is 313 g/mol. The van der Waals surface area contributed by atoms with Crippen LogP contribution in [0.2, 0.25) is 0 Å². The summed E-state index contributed by atoms with van der Waals surface area (Å²) in [6, 6.07) is 6.56. The first-order chi connectivity index (χ1) is 9.81.